The number of hydrogen-bond donors (Lipinski definition) is 1. The summed E-state index contributed by atoms with van der Waals surface area (Å²) in [7, 11) is 0. The molecule has 1 heterocycles. The maximum Gasteiger partial charge on any atom is 0.248 e. The van der Waals surface area contributed by atoms with Gasteiger partial charge >= 0.3 is 0 Å². The van der Waals surface area contributed by atoms with Gasteiger partial charge in [0.25, 0.3) is 0 Å². The molecule has 1 N–H and O–H groups in total. The van der Waals surface area contributed by atoms with Gasteiger partial charge in [-0.15, -0.1) is 0 Å². The van der Waals surface area contributed by atoms with E-state index in [4.69, 9.17) is 0 Å². The Balaban J connectivity index is 3.05. The van der Waals surface area contributed by atoms with Crippen molar-refractivity contribution in [2.45, 2.75) is 58.5 Å². The Hall–Kier alpha value is -1.06. The second-order valence-electron chi connectivity index (χ2n) is 4.68. The summed E-state index contributed by atoms with van der Waals surface area (Å²) < 4.78 is 0. The predicted molar refractivity (Wildman–Crippen MR) is 62.9 cm³/mol. The molecule has 1 rings (SSSR count). The van der Waals surface area contributed by atoms with E-state index in [0.717, 1.165) is 0 Å². The maximum absolute atomic E-state index is 12.4. The van der Waals surface area contributed by atoms with Gasteiger partial charge in [0.05, 0.1) is 0 Å². The van der Waals surface area contributed by atoms with Gasteiger partial charge in [0, 0.05) is 19.0 Å². The van der Waals surface area contributed by atoms with Crippen molar-refractivity contribution in [3.05, 3.63) is 0 Å². The smallest absolute Gasteiger partial charge is 0.248 e. The lowest BCUT2D eigenvalue weighted by Crippen LogP contribution is -2.57. The Morgan fingerprint density at radius 3 is 2.31 bits per heavy atom. The molecule has 2 amide bonds. The van der Waals surface area contributed by atoms with E-state index in [9.17, 15) is 9.59 Å². The second kappa shape index (κ2) is 4.85. The minimum atomic E-state index is -0.683. The predicted octanol–water partition coefficient (Wildman–Crippen LogP) is 1.30. The first-order valence-corrected chi connectivity index (χ1v) is 6.09. The molecular weight excluding hydrogens is 204 g/mol. The van der Waals surface area contributed by atoms with Crippen molar-refractivity contribution in [3.63, 3.8) is 0 Å². The van der Waals surface area contributed by atoms with Gasteiger partial charge in [0.15, 0.2) is 0 Å². The summed E-state index contributed by atoms with van der Waals surface area (Å²) in [6.07, 6.45) is 1.71. The fourth-order valence-corrected chi connectivity index (χ4v) is 2.20. The van der Waals surface area contributed by atoms with Crippen LogP contribution in [0.4, 0.5) is 0 Å². The Morgan fingerprint density at radius 2 is 1.88 bits per heavy atom. The van der Waals surface area contributed by atoms with E-state index in [1.54, 1.807) is 0 Å². The Morgan fingerprint density at radius 1 is 1.31 bits per heavy atom. The van der Waals surface area contributed by atoms with Gasteiger partial charge in [-0.05, 0) is 26.7 Å². The average Bonchev–Trinajstić information content (AvgIpc) is 2.37. The zero-order chi connectivity index (χ0) is 12.3. The molecule has 0 aromatic rings. The standard InChI is InChI=1S/C12H22N2O2/c1-5-12(6-2)11(16)14(9(3)4)8-7-10(15)13-12/h9H,5-8H2,1-4H3,(H,13,15). The highest BCUT2D eigenvalue weighted by Crippen LogP contribution is 2.23. The first kappa shape index (κ1) is 13.0. The molecule has 0 saturated carbocycles. The van der Waals surface area contributed by atoms with Gasteiger partial charge in [-0.3, -0.25) is 9.59 Å². The van der Waals surface area contributed by atoms with Crippen molar-refractivity contribution >= 4 is 11.8 Å². The van der Waals surface area contributed by atoms with Crippen molar-refractivity contribution in [2.24, 2.45) is 0 Å². The molecule has 0 unspecified atom stereocenters. The number of hydrogen-bond acceptors (Lipinski definition) is 2. The van der Waals surface area contributed by atoms with Gasteiger partial charge in [0.1, 0.15) is 5.54 Å². The Labute approximate surface area is 97.4 Å². The molecule has 1 aliphatic rings. The largest absolute Gasteiger partial charge is 0.342 e. The van der Waals surface area contributed by atoms with Crippen LogP contribution in [-0.4, -0.2) is 34.8 Å². The van der Waals surface area contributed by atoms with Gasteiger partial charge < -0.3 is 10.2 Å². The molecule has 0 aromatic heterocycles. The van der Waals surface area contributed by atoms with Gasteiger partial charge in [-0.1, -0.05) is 13.8 Å². The summed E-state index contributed by atoms with van der Waals surface area (Å²) in [6.45, 7) is 8.41. The number of carbonyl (C=O) groups is 2. The van der Waals surface area contributed by atoms with E-state index < -0.39 is 5.54 Å². The van der Waals surface area contributed by atoms with E-state index in [1.165, 1.54) is 0 Å². The highest BCUT2D eigenvalue weighted by Gasteiger charge is 2.42. The number of amides is 2. The van der Waals surface area contributed by atoms with E-state index in [1.807, 2.05) is 32.6 Å². The van der Waals surface area contributed by atoms with Crippen molar-refractivity contribution in [2.75, 3.05) is 6.54 Å². The van der Waals surface area contributed by atoms with Crippen LogP contribution >= 0.6 is 0 Å². The van der Waals surface area contributed by atoms with Crippen LogP contribution in [-0.2, 0) is 9.59 Å². The van der Waals surface area contributed by atoms with Gasteiger partial charge in [0.2, 0.25) is 11.8 Å². The number of nitrogens with zero attached hydrogens (tertiary/aromatic N) is 1. The maximum atomic E-state index is 12.4. The fraction of sp³-hybridized carbons (Fsp3) is 0.833. The van der Waals surface area contributed by atoms with Gasteiger partial charge in [-0.2, -0.15) is 0 Å². The Kier molecular flexibility index (Phi) is 3.94. The van der Waals surface area contributed by atoms with Crippen LogP contribution in [0.3, 0.4) is 0 Å². The number of carbonyl (C=O) groups excluding carboxylic acids is 2. The summed E-state index contributed by atoms with van der Waals surface area (Å²) >= 11 is 0. The van der Waals surface area contributed by atoms with Crippen LogP contribution in [0, 0.1) is 0 Å². The van der Waals surface area contributed by atoms with E-state index >= 15 is 0 Å². The van der Waals surface area contributed by atoms with Crippen LogP contribution < -0.4 is 5.32 Å². The van der Waals surface area contributed by atoms with Crippen LogP contribution in [0.2, 0.25) is 0 Å². The molecule has 0 bridgehead atoms. The lowest BCUT2D eigenvalue weighted by molar-refractivity contribution is -0.140. The first-order chi connectivity index (χ1) is 7.46. The molecule has 1 aliphatic heterocycles. The van der Waals surface area contributed by atoms with E-state index in [2.05, 4.69) is 5.32 Å². The third-order valence-electron chi connectivity index (χ3n) is 3.46. The van der Waals surface area contributed by atoms with Crippen LogP contribution in [0.25, 0.3) is 0 Å². The number of nitrogens with one attached hydrogen (secondary N) is 1. The van der Waals surface area contributed by atoms with Crippen molar-refractivity contribution in [3.8, 4) is 0 Å². The second-order valence-corrected chi connectivity index (χ2v) is 4.68. The van der Waals surface area contributed by atoms with Crippen LogP contribution in [0.1, 0.15) is 47.0 Å². The highest BCUT2D eigenvalue weighted by molar-refractivity contribution is 5.93. The minimum absolute atomic E-state index is 0.0137. The Bertz CT molecular complexity index is 283. The summed E-state index contributed by atoms with van der Waals surface area (Å²) in [6, 6.07) is 0.151. The molecule has 92 valence electrons. The van der Waals surface area contributed by atoms with E-state index in [0.29, 0.717) is 25.8 Å². The minimum Gasteiger partial charge on any atom is -0.342 e. The normalized spacial score (nSPS) is 20.9. The van der Waals surface area contributed by atoms with Crippen LogP contribution in [0.5, 0.6) is 0 Å². The quantitative estimate of drug-likeness (QED) is 0.788. The SMILES string of the molecule is CCC1(CC)NC(=O)CCN(C(C)C)C1=O. The number of rotatable bonds is 3. The zero-order valence-corrected chi connectivity index (χ0v) is 10.7. The molecule has 0 atom stereocenters. The van der Waals surface area contributed by atoms with Crippen molar-refractivity contribution in [1.82, 2.24) is 10.2 Å². The molecule has 0 radical (unpaired) electrons. The summed E-state index contributed by atoms with van der Waals surface area (Å²) in [5, 5.41) is 2.90. The zero-order valence-electron chi connectivity index (χ0n) is 10.7. The molecule has 4 heteroatoms. The molecule has 4 nitrogen and oxygen atoms in total. The average molecular weight is 226 g/mol. The third-order valence-corrected chi connectivity index (χ3v) is 3.46. The molecular formula is C12H22N2O2. The topological polar surface area (TPSA) is 49.4 Å². The molecule has 1 fully saturated rings. The van der Waals surface area contributed by atoms with E-state index in [-0.39, 0.29) is 17.9 Å². The molecule has 0 aliphatic carbocycles. The molecule has 0 spiro atoms. The van der Waals surface area contributed by atoms with Crippen molar-refractivity contribution < 1.29 is 9.59 Å². The van der Waals surface area contributed by atoms with Crippen LogP contribution in [0.15, 0.2) is 0 Å². The molecule has 16 heavy (non-hydrogen) atoms. The summed E-state index contributed by atoms with van der Waals surface area (Å²) in [5.74, 6) is 0.0542. The first-order valence-electron chi connectivity index (χ1n) is 6.09. The monoisotopic (exact) mass is 226 g/mol. The summed E-state index contributed by atoms with van der Waals surface area (Å²) in [5.41, 5.74) is -0.683. The highest BCUT2D eigenvalue weighted by atomic mass is 16.2. The van der Waals surface area contributed by atoms with Gasteiger partial charge in [-0.25, -0.2) is 0 Å². The molecule has 0 aromatic carbocycles. The molecule has 1 saturated heterocycles. The van der Waals surface area contributed by atoms with Crippen molar-refractivity contribution in [1.29, 1.82) is 0 Å². The lowest BCUT2D eigenvalue weighted by atomic mass is 9.91. The fourth-order valence-electron chi connectivity index (χ4n) is 2.20. The summed E-state index contributed by atoms with van der Waals surface area (Å²) in [4.78, 5) is 25.9. The third kappa shape index (κ3) is 2.20. The lowest BCUT2D eigenvalue weighted by Gasteiger charge is -2.35.